The van der Waals surface area contributed by atoms with Crippen molar-refractivity contribution in [3.05, 3.63) is 33.0 Å². The maximum absolute atomic E-state index is 4.51. The van der Waals surface area contributed by atoms with E-state index < -0.39 is 0 Å². The molecule has 2 rings (SSSR count). The lowest BCUT2D eigenvalue weighted by Crippen LogP contribution is -2.42. The van der Waals surface area contributed by atoms with Crippen molar-refractivity contribution in [1.29, 1.82) is 0 Å². The summed E-state index contributed by atoms with van der Waals surface area (Å²) in [4.78, 5) is 10.1. The van der Waals surface area contributed by atoms with Gasteiger partial charge in [-0.25, -0.2) is 4.98 Å². The van der Waals surface area contributed by atoms with Crippen LogP contribution in [0.5, 0.6) is 0 Å². The first kappa shape index (κ1) is 20.4. The Kier molecular flexibility index (Phi) is 7.20. The fraction of sp³-hybridized carbons (Fsp3) is 0.632. The Morgan fingerprint density at radius 1 is 1.27 bits per heavy atom. The number of aryl methyl sites for hydroxylation is 2. The van der Waals surface area contributed by atoms with Crippen LogP contribution in [0, 0.1) is 19.8 Å². The largest absolute Gasteiger partial charge is 0.354 e. The van der Waals surface area contributed by atoms with E-state index in [-0.39, 0.29) is 6.04 Å². The molecular formula is C19H32N6S. The van der Waals surface area contributed by atoms with E-state index in [0.717, 1.165) is 31.0 Å². The van der Waals surface area contributed by atoms with E-state index in [0.29, 0.717) is 5.92 Å². The van der Waals surface area contributed by atoms with Gasteiger partial charge in [-0.1, -0.05) is 13.8 Å². The second-order valence-electron chi connectivity index (χ2n) is 7.27. The molecule has 0 radical (unpaired) electrons. The molecule has 0 bridgehead atoms. The normalized spacial score (nSPS) is 13.3. The van der Waals surface area contributed by atoms with Crippen LogP contribution < -0.4 is 10.6 Å². The molecule has 0 saturated heterocycles. The molecule has 0 spiro atoms. The van der Waals surface area contributed by atoms with Gasteiger partial charge in [-0.15, -0.1) is 11.3 Å². The molecule has 0 aromatic carbocycles. The van der Waals surface area contributed by atoms with Crippen LogP contribution in [0.25, 0.3) is 0 Å². The fourth-order valence-electron chi connectivity index (χ4n) is 2.94. The average Bonchev–Trinajstić information content (AvgIpc) is 3.10. The highest BCUT2D eigenvalue weighted by Crippen LogP contribution is 2.16. The zero-order valence-corrected chi connectivity index (χ0v) is 17.9. The topological polar surface area (TPSA) is 67.1 Å². The number of aromatic nitrogens is 3. The molecule has 2 aromatic heterocycles. The third-order valence-corrected chi connectivity index (χ3v) is 5.41. The van der Waals surface area contributed by atoms with Crippen molar-refractivity contribution in [3.8, 4) is 0 Å². The number of hydrogen-bond donors (Lipinski definition) is 2. The monoisotopic (exact) mass is 376 g/mol. The lowest BCUT2D eigenvalue weighted by molar-refractivity contribution is 0.636. The van der Waals surface area contributed by atoms with Crippen LogP contribution in [0.1, 0.15) is 47.6 Å². The maximum Gasteiger partial charge on any atom is 0.191 e. The highest BCUT2D eigenvalue weighted by Gasteiger charge is 2.14. The van der Waals surface area contributed by atoms with Gasteiger partial charge in [0.1, 0.15) is 0 Å². The molecule has 2 aromatic rings. The zero-order valence-electron chi connectivity index (χ0n) is 17.1. The van der Waals surface area contributed by atoms with Crippen LogP contribution in [0.15, 0.2) is 11.2 Å². The van der Waals surface area contributed by atoms with E-state index in [4.69, 9.17) is 0 Å². The van der Waals surface area contributed by atoms with Crippen molar-refractivity contribution in [1.82, 2.24) is 25.4 Å². The Morgan fingerprint density at radius 2 is 2.00 bits per heavy atom. The van der Waals surface area contributed by atoms with Crippen molar-refractivity contribution in [2.45, 2.75) is 60.0 Å². The number of hydrogen-bond acceptors (Lipinski definition) is 4. The van der Waals surface area contributed by atoms with Gasteiger partial charge >= 0.3 is 0 Å². The first-order valence-corrected chi connectivity index (χ1v) is 10.0. The van der Waals surface area contributed by atoms with Crippen LogP contribution >= 0.6 is 11.3 Å². The minimum atomic E-state index is 0.265. The van der Waals surface area contributed by atoms with Gasteiger partial charge in [-0.05, 0) is 38.7 Å². The minimum Gasteiger partial charge on any atom is -0.354 e. The molecule has 0 amide bonds. The highest BCUT2D eigenvalue weighted by atomic mass is 32.1. The van der Waals surface area contributed by atoms with Gasteiger partial charge in [0.2, 0.25) is 0 Å². The first-order valence-electron chi connectivity index (χ1n) is 9.20. The van der Waals surface area contributed by atoms with Crippen LogP contribution in [-0.4, -0.2) is 33.8 Å². The number of nitrogens with one attached hydrogen (secondary N) is 2. The van der Waals surface area contributed by atoms with E-state index in [2.05, 4.69) is 60.3 Å². The molecule has 26 heavy (non-hydrogen) atoms. The summed E-state index contributed by atoms with van der Waals surface area (Å²) in [5.74, 6) is 1.45. The number of guanidine groups is 1. The Bertz CT molecular complexity index is 743. The SMILES string of the molecule is CN=C(NCc1cnc(CC(C)C)s1)NC(C)Cc1c(C)nn(C)c1C. The third-order valence-electron chi connectivity index (χ3n) is 4.39. The van der Waals surface area contributed by atoms with Crippen LogP contribution in [0.3, 0.4) is 0 Å². The lowest BCUT2D eigenvalue weighted by atomic mass is 10.1. The molecule has 2 N–H and O–H groups in total. The van der Waals surface area contributed by atoms with Crippen molar-refractivity contribution >= 4 is 17.3 Å². The fourth-order valence-corrected chi connectivity index (χ4v) is 4.02. The third kappa shape index (κ3) is 5.56. The highest BCUT2D eigenvalue weighted by molar-refractivity contribution is 7.11. The maximum atomic E-state index is 4.51. The summed E-state index contributed by atoms with van der Waals surface area (Å²) < 4.78 is 1.95. The summed E-state index contributed by atoms with van der Waals surface area (Å²) in [6.45, 7) is 11.5. The quantitative estimate of drug-likeness (QED) is 0.576. The van der Waals surface area contributed by atoms with Gasteiger partial charge < -0.3 is 10.6 Å². The first-order chi connectivity index (χ1) is 12.3. The number of aliphatic imine (C=N–C) groups is 1. The van der Waals surface area contributed by atoms with Crippen molar-refractivity contribution in [2.75, 3.05) is 7.05 Å². The molecule has 1 unspecified atom stereocenters. The van der Waals surface area contributed by atoms with Gasteiger partial charge in [0.05, 0.1) is 17.2 Å². The summed E-state index contributed by atoms with van der Waals surface area (Å²) in [7, 11) is 3.80. The Balaban J connectivity index is 1.87. The molecule has 1 atom stereocenters. The Labute approximate surface area is 161 Å². The summed E-state index contributed by atoms with van der Waals surface area (Å²) in [6, 6.07) is 0.265. The second kappa shape index (κ2) is 9.16. The summed E-state index contributed by atoms with van der Waals surface area (Å²) in [5.41, 5.74) is 3.63. The predicted octanol–water partition coefficient (Wildman–Crippen LogP) is 2.99. The molecule has 0 aliphatic carbocycles. The van der Waals surface area contributed by atoms with Gasteiger partial charge in [0, 0.05) is 43.3 Å². The molecular weight excluding hydrogens is 344 g/mol. The van der Waals surface area contributed by atoms with E-state index >= 15 is 0 Å². The van der Waals surface area contributed by atoms with E-state index in [1.807, 2.05) is 17.9 Å². The van der Waals surface area contributed by atoms with Crippen molar-refractivity contribution < 1.29 is 0 Å². The van der Waals surface area contributed by atoms with Gasteiger partial charge in [-0.2, -0.15) is 5.10 Å². The van der Waals surface area contributed by atoms with Gasteiger partial charge in [-0.3, -0.25) is 9.67 Å². The smallest absolute Gasteiger partial charge is 0.191 e. The average molecular weight is 377 g/mol. The van der Waals surface area contributed by atoms with E-state index in [9.17, 15) is 0 Å². The lowest BCUT2D eigenvalue weighted by Gasteiger charge is -2.18. The molecule has 144 valence electrons. The zero-order chi connectivity index (χ0) is 19.3. The Morgan fingerprint density at radius 3 is 2.58 bits per heavy atom. The molecule has 6 nitrogen and oxygen atoms in total. The summed E-state index contributed by atoms with van der Waals surface area (Å²) >= 11 is 1.77. The van der Waals surface area contributed by atoms with E-state index in [1.54, 1.807) is 18.4 Å². The van der Waals surface area contributed by atoms with E-state index in [1.165, 1.54) is 21.1 Å². The predicted molar refractivity (Wildman–Crippen MR) is 110 cm³/mol. The van der Waals surface area contributed by atoms with Crippen LogP contribution in [0.4, 0.5) is 0 Å². The summed E-state index contributed by atoms with van der Waals surface area (Å²) in [5, 5.41) is 12.6. The molecule has 0 saturated carbocycles. The van der Waals surface area contributed by atoms with Crippen LogP contribution in [-0.2, 0) is 26.4 Å². The van der Waals surface area contributed by atoms with Gasteiger partial charge in [0.25, 0.3) is 0 Å². The molecule has 0 fully saturated rings. The van der Waals surface area contributed by atoms with Crippen LogP contribution in [0.2, 0.25) is 0 Å². The number of rotatable bonds is 7. The molecule has 7 heteroatoms. The van der Waals surface area contributed by atoms with Crippen molar-refractivity contribution in [3.63, 3.8) is 0 Å². The Hall–Kier alpha value is -1.89. The van der Waals surface area contributed by atoms with Gasteiger partial charge in [0.15, 0.2) is 5.96 Å². The molecule has 0 aliphatic heterocycles. The standard InChI is InChI=1S/C19H32N6S/c1-12(2)8-18-21-10-16(26-18)11-22-19(20-6)23-13(3)9-17-14(4)24-25(7)15(17)5/h10,12-13H,8-9,11H2,1-7H3,(H2,20,22,23). The molecule has 2 heterocycles. The minimum absolute atomic E-state index is 0.265. The summed E-state index contributed by atoms with van der Waals surface area (Å²) in [6.07, 6.45) is 3.93. The number of thiazole rings is 1. The van der Waals surface area contributed by atoms with Crippen molar-refractivity contribution in [2.24, 2.45) is 18.0 Å². The number of nitrogens with zero attached hydrogens (tertiary/aromatic N) is 4. The molecule has 0 aliphatic rings. The second-order valence-corrected chi connectivity index (χ2v) is 8.47.